The van der Waals surface area contributed by atoms with Crippen LogP contribution in [0, 0.1) is 17.8 Å². The number of carbonyl (C=O) groups is 1. The van der Waals surface area contributed by atoms with E-state index in [0.717, 1.165) is 0 Å². The molecule has 1 fully saturated rings. The molecule has 0 aromatic rings. The molecule has 1 saturated heterocycles. The van der Waals surface area contributed by atoms with Crippen LogP contribution < -0.4 is 0 Å². The zero-order chi connectivity index (χ0) is 8.59. The van der Waals surface area contributed by atoms with Crippen molar-refractivity contribution in [3.05, 3.63) is 0 Å². The van der Waals surface area contributed by atoms with E-state index in [4.69, 9.17) is 4.74 Å². The van der Waals surface area contributed by atoms with E-state index in [2.05, 4.69) is 20.8 Å². The van der Waals surface area contributed by atoms with Crippen LogP contribution in [0.25, 0.3) is 0 Å². The van der Waals surface area contributed by atoms with Gasteiger partial charge in [-0.3, -0.25) is 4.79 Å². The summed E-state index contributed by atoms with van der Waals surface area (Å²) in [7, 11) is 0. The fourth-order valence-corrected chi connectivity index (χ4v) is 1.59. The Labute approximate surface area is 67.9 Å². The largest absolute Gasteiger partial charge is 0.462 e. The Morgan fingerprint density at radius 1 is 1.36 bits per heavy atom. The summed E-state index contributed by atoms with van der Waals surface area (Å²) in [6.45, 7) is 8.20. The molecule has 11 heavy (non-hydrogen) atoms. The van der Waals surface area contributed by atoms with Gasteiger partial charge in [-0.25, -0.2) is 0 Å². The normalized spacial score (nSPS) is 37.9. The predicted octanol–water partition coefficient (Wildman–Crippen LogP) is 1.84. The molecule has 0 amide bonds. The molecular formula is C9H16O2. The zero-order valence-electron chi connectivity index (χ0n) is 7.63. The number of ether oxygens (including phenoxy) is 1. The second-order valence-electron chi connectivity index (χ2n) is 3.79. The van der Waals surface area contributed by atoms with Gasteiger partial charge in [0, 0.05) is 5.92 Å². The van der Waals surface area contributed by atoms with E-state index in [0.29, 0.717) is 11.8 Å². The first kappa shape index (κ1) is 8.57. The molecule has 64 valence electrons. The summed E-state index contributed by atoms with van der Waals surface area (Å²) in [6, 6.07) is 0. The lowest BCUT2D eigenvalue weighted by molar-refractivity contribution is -0.145. The summed E-state index contributed by atoms with van der Waals surface area (Å²) < 4.78 is 5.21. The third-order valence-corrected chi connectivity index (χ3v) is 2.59. The third kappa shape index (κ3) is 1.39. The molecule has 0 N–H and O–H groups in total. The van der Waals surface area contributed by atoms with Crippen molar-refractivity contribution in [2.24, 2.45) is 17.8 Å². The summed E-state index contributed by atoms with van der Waals surface area (Å²) in [5.74, 6) is 0.875. The molecule has 1 aliphatic heterocycles. The maximum Gasteiger partial charge on any atom is 0.309 e. The van der Waals surface area contributed by atoms with E-state index in [9.17, 15) is 4.79 Å². The molecule has 1 rings (SSSR count). The van der Waals surface area contributed by atoms with Crippen molar-refractivity contribution in [2.75, 3.05) is 0 Å². The predicted molar refractivity (Wildman–Crippen MR) is 43.0 cm³/mol. The Bertz CT molecular complexity index is 163. The topological polar surface area (TPSA) is 26.3 Å². The summed E-state index contributed by atoms with van der Waals surface area (Å²) in [5.41, 5.74) is 0. The minimum Gasteiger partial charge on any atom is -0.462 e. The maximum absolute atomic E-state index is 11.1. The number of carbonyl (C=O) groups excluding carboxylic acids is 1. The van der Waals surface area contributed by atoms with Gasteiger partial charge in [-0.1, -0.05) is 27.7 Å². The van der Waals surface area contributed by atoms with E-state index in [1.54, 1.807) is 0 Å². The van der Waals surface area contributed by atoms with Gasteiger partial charge in [-0.05, 0) is 5.92 Å². The van der Waals surface area contributed by atoms with Gasteiger partial charge in [0.15, 0.2) is 0 Å². The van der Waals surface area contributed by atoms with Crippen LogP contribution in [0.5, 0.6) is 0 Å². The molecule has 0 saturated carbocycles. The lowest BCUT2D eigenvalue weighted by Gasteiger charge is -2.18. The van der Waals surface area contributed by atoms with Crippen LogP contribution in [0.1, 0.15) is 27.7 Å². The Hall–Kier alpha value is -0.530. The summed E-state index contributed by atoms with van der Waals surface area (Å²) in [4.78, 5) is 11.1. The standard InChI is InChI=1S/C9H16O2/c1-5(2)8-6(3)7(4)9(10)11-8/h5-8H,1-4H3/t6-,7-,8-/m1/s1. The van der Waals surface area contributed by atoms with Crippen molar-refractivity contribution >= 4 is 5.97 Å². The molecule has 0 spiro atoms. The molecule has 0 unspecified atom stereocenters. The van der Waals surface area contributed by atoms with Crippen LogP contribution in [-0.4, -0.2) is 12.1 Å². The number of esters is 1. The monoisotopic (exact) mass is 156 g/mol. The highest BCUT2D eigenvalue weighted by atomic mass is 16.6. The fourth-order valence-electron chi connectivity index (χ4n) is 1.59. The molecule has 3 atom stereocenters. The van der Waals surface area contributed by atoms with Crippen LogP contribution in [0.15, 0.2) is 0 Å². The molecule has 0 aromatic heterocycles. The van der Waals surface area contributed by atoms with E-state index in [-0.39, 0.29) is 18.0 Å². The van der Waals surface area contributed by atoms with Crippen molar-refractivity contribution in [1.82, 2.24) is 0 Å². The van der Waals surface area contributed by atoms with Crippen LogP contribution in [0.4, 0.5) is 0 Å². The van der Waals surface area contributed by atoms with Gasteiger partial charge < -0.3 is 4.74 Å². The number of cyclic esters (lactones) is 1. The number of hydrogen-bond donors (Lipinski definition) is 0. The highest BCUT2D eigenvalue weighted by Crippen LogP contribution is 2.31. The highest BCUT2D eigenvalue weighted by molar-refractivity contribution is 5.74. The molecule has 0 aromatic carbocycles. The van der Waals surface area contributed by atoms with Gasteiger partial charge in [-0.2, -0.15) is 0 Å². The molecule has 1 aliphatic rings. The summed E-state index contributed by atoms with van der Waals surface area (Å²) in [5, 5.41) is 0. The summed E-state index contributed by atoms with van der Waals surface area (Å²) >= 11 is 0. The van der Waals surface area contributed by atoms with Gasteiger partial charge >= 0.3 is 5.97 Å². The summed E-state index contributed by atoms with van der Waals surface area (Å²) in [6.07, 6.45) is 0.137. The Morgan fingerprint density at radius 3 is 2.09 bits per heavy atom. The van der Waals surface area contributed by atoms with Crippen LogP contribution in [0.2, 0.25) is 0 Å². The number of hydrogen-bond acceptors (Lipinski definition) is 2. The second-order valence-corrected chi connectivity index (χ2v) is 3.79. The molecule has 2 nitrogen and oxygen atoms in total. The van der Waals surface area contributed by atoms with E-state index < -0.39 is 0 Å². The van der Waals surface area contributed by atoms with E-state index in [1.165, 1.54) is 0 Å². The van der Waals surface area contributed by atoms with Crippen LogP contribution in [0.3, 0.4) is 0 Å². The first-order chi connectivity index (χ1) is 5.04. The zero-order valence-corrected chi connectivity index (χ0v) is 7.63. The highest BCUT2D eigenvalue weighted by Gasteiger charge is 2.39. The fraction of sp³-hybridized carbons (Fsp3) is 0.889. The Balaban J connectivity index is 2.67. The first-order valence-electron chi connectivity index (χ1n) is 4.24. The van der Waals surface area contributed by atoms with Crippen LogP contribution >= 0.6 is 0 Å². The van der Waals surface area contributed by atoms with Crippen molar-refractivity contribution in [3.63, 3.8) is 0 Å². The average Bonchev–Trinajstić information content (AvgIpc) is 2.17. The second kappa shape index (κ2) is 2.84. The Morgan fingerprint density at radius 2 is 1.91 bits per heavy atom. The van der Waals surface area contributed by atoms with Crippen molar-refractivity contribution < 1.29 is 9.53 Å². The molecular weight excluding hydrogens is 140 g/mol. The molecule has 0 radical (unpaired) electrons. The van der Waals surface area contributed by atoms with Crippen molar-refractivity contribution in [3.8, 4) is 0 Å². The van der Waals surface area contributed by atoms with E-state index >= 15 is 0 Å². The minimum absolute atomic E-state index is 0.0313. The quantitative estimate of drug-likeness (QED) is 0.541. The van der Waals surface area contributed by atoms with Gasteiger partial charge in [0.2, 0.25) is 0 Å². The van der Waals surface area contributed by atoms with E-state index in [1.807, 2.05) is 6.92 Å². The van der Waals surface area contributed by atoms with Gasteiger partial charge in [0.1, 0.15) is 6.10 Å². The SMILES string of the molecule is CC(C)[C@H]1OC(=O)[C@H](C)[C@H]1C. The third-order valence-electron chi connectivity index (χ3n) is 2.59. The Kier molecular flexibility index (Phi) is 2.21. The van der Waals surface area contributed by atoms with Gasteiger partial charge in [0.25, 0.3) is 0 Å². The molecule has 0 aliphatic carbocycles. The van der Waals surface area contributed by atoms with Crippen molar-refractivity contribution in [2.45, 2.75) is 33.8 Å². The smallest absolute Gasteiger partial charge is 0.309 e. The molecule has 2 heteroatoms. The van der Waals surface area contributed by atoms with Crippen molar-refractivity contribution in [1.29, 1.82) is 0 Å². The maximum atomic E-state index is 11.1. The lowest BCUT2D eigenvalue weighted by atomic mass is 9.88. The van der Waals surface area contributed by atoms with Gasteiger partial charge in [-0.15, -0.1) is 0 Å². The molecule has 1 heterocycles. The molecule has 0 bridgehead atoms. The lowest BCUT2D eigenvalue weighted by Crippen LogP contribution is -2.21. The van der Waals surface area contributed by atoms with Gasteiger partial charge in [0.05, 0.1) is 5.92 Å². The number of rotatable bonds is 1. The first-order valence-corrected chi connectivity index (χ1v) is 4.24. The minimum atomic E-state index is -0.0313. The average molecular weight is 156 g/mol. The van der Waals surface area contributed by atoms with Crippen LogP contribution in [-0.2, 0) is 9.53 Å².